The molecule has 0 fully saturated rings. The van der Waals surface area contributed by atoms with Gasteiger partial charge in [-0.05, 0) is 54.4 Å². The maximum absolute atomic E-state index is 13.6. The molecule has 0 saturated carbocycles. The Morgan fingerprint density at radius 2 is 0.852 bits per heavy atom. The van der Waals surface area contributed by atoms with Gasteiger partial charge in [0.1, 0.15) is 0 Å². The van der Waals surface area contributed by atoms with E-state index < -0.39 is 45.6 Å². The Hall–Kier alpha value is -6.32. The molecule has 0 saturated heterocycles. The van der Waals surface area contributed by atoms with Crippen LogP contribution in [0.15, 0.2) is 93.6 Å². The lowest BCUT2D eigenvalue weighted by Crippen LogP contribution is -2.33. The van der Waals surface area contributed by atoms with E-state index in [0.717, 1.165) is 0 Å². The lowest BCUT2D eigenvalue weighted by Gasteiger charge is -2.30. The van der Waals surface area contributed by atoms with E-state index >= 15 is 0 Å². The Bertz CT molecular complexity index is 1850. The second-order valence-electron chi connectivity index (χ2n) is 12.3. The van der Waals surface area contributed by atoms with Crippen LogP contribution in [0.1, 0.15) is 77.3 Å². The standard InChI is InChI=1S/C38H42N4O12/c1-7-51-35(43)29-21(3)39-23(5)31(33(29)25-15-9-11-17-27(25)41(47)48)37(45)53-19-13-14-20-54-38(46)32-24(6)40-22(4)30(36(44)52-8-2)34(32)26-16-10-12-18-28(26)42(49)50/h9-12,15-18,33-34,39-40H,7-8,13-14,19-20H2,1-6H3. The van der Waals surface area contributed by atoms with E-state index in [-0.39, 0.29) is 84.1 Å². The molecule has 0 spiro atoms. The predicted octanol–water partition coefficient (Wildman–Crippen LogP) is 5.67. The van der Waals surface area contributed by atoms with Crippen molar-refractivity contribution < 1.29 is 48.0 Å². The molecule has 16 nitrogen and oxygen atoms in total. The number of esters is 4. The van der Waals surface area contributed by atoms with Gasteiger partial charge in [0.2, 0.25) is 0 Å². The molecule has 2 aliphatic rings. The first-order valence-corrected chi connectivity index (χ1v) is 17.3. The Morgan fingerprint density at radius 3 is 1.15 bits per heavy atom. The summed E-state index contributed by atoms with van der Waals surface area (Å²) in [5.41, 5.74) is 1.13. The summed E-state index contributed by atoms with van der Waals surface area (Å²) < 4.78 is 21.7. The smallest absolute Gasteiger partial charge is 0.336 e. The second-order valence-corrected chi connectivity index (χ2v) is 12.3. The number of benzene rings is 2. The average Bonchev–Trinajstić information content (AvgIpc) is 3.12. The van der Waals surface area contributed by atoms with Gasteiger partial charge in [-0.15, -0.1) is 0 Å². The molecule has 54 heavy (non-hydrogen) atoms. The number of unbranched alkanes of at least 4 members (excludes halogenated alkanes) is 1. The summed E-state index contributed by atoms with van der Waals surface area (Å²) in [4.78, 5) is 76.4. The fourth-order valence-electron chi connectivity index (χ4n) is 6.60. The summed E-state index contributed by atoms with van der Waals surface area (Å²) in [5.74, 6) is -5.44. The van der Waals surface area contributed by atoms with Gasteiger partial charge < -0.3 is 29.6 Å². The summed E-state index contributed by atoms with van der Waals surface area (Å²) in [7, 11) is 0. The van der Waals surface area contributed by atoms with Crippen molar-refractivity contribution in [2.45, 2.75) is 66.2 Å². The van der Waals surface area contributed by atoms with Crippen LogP contribution in [0.3, 0.4) is 0 Å². The van der Waals surface area contributed by atoms with E-state index in [9.17, 15) is 39.4 Å². The SMILES string of the molecule is CCOC(=O)C1=C(C)NC(C)=C(C(=O)OCCCCOC(=O)C2=C(C)NC(C)=C(C(=O)OCC)C2c2ccccc2[N+](=O)[O-])C1c1ccccc1[N+](=O)[O-]. The first-order chi connectivity index (χ1) is 25.7. The van der Waals surface area contributed by atoms with Crippen LogP contribution in [0.5, 0.6) is 0 Å². The zero-order chi connectivity index (χ0) is 39.7. The molecule has 0 aliphatic carbocycles. The van der Waals surface area contributed by atoms with Gasteiger partial charge in [-0.1, -0.05) is 36.4 Å². The molecular formula is C38H42N4O12. The highest BCUT2D eigenvalue weighted by Crippen LogP contribution is 2.44. The Kier molecular flexibility index (Phi) is 13.4. The van der Waals surface area contributed by atoms with Crippen molar-refractivity contribution in [3.05, 3.63) is 125 Å². The molecule has 2 N–H and O–H groups in total. The van der Waals surface area contributed by atoms with E-state index in [1.54, 1.807) is 53.7 Å². The minimum atomic E-state index is -1.16. The third-order valence-corrected chi connectivity index (χ3v) is 8.85. The monoisotopic (exact) mass is 746 g/mol. The lowest BCUT2D eigenvalue weighted by molar-refractivity contribution is -0.385. The van der Waals surface area contributed by atoms with E-state index in [2.05, 4.69) is 10.6 Å². The molecule has 0 aromatic heterocycles. The number of dihydropyridines is 2. The van der Waals surface area contributed by atoms with Crippen molar-refractivity contribution >= 4 is 35.3 Å². The summed E-state index contributed by atoms with van der Waals surface area (Å²) in [6.07, 6.45) is 0.455. The Balaban J connectivity index is 1.49. The number of carbonyl (C=O) groups is 4. The van der Waals surface area contributed by atoms with Crippen LogP contribution in [-0.2, 0) is 38.1 Å². The van der Waals surface area contributed by atoms with Crippen molar-refractivity contribution in [2.24, 2.45) is 0 Å². The van der Waals surface area contributed by atoms with Crippen LogP contribution in [0.2, 0.25) is 0 Å². The fraction of sp³-hybridized carbons (Fsp3) is 0.368. The topological polar surface area (TPSA) is 216 Å². The van der Waals surface area contributed by atoms with Crippen LogP contribution in [-0.4, -0.2) is 60.2 Å². The van der Waals surface area contributed by atoms with Crippen molar-refractivity contribution in [1.29, 1.82) is 0 Å². The second kappa shape index (κ2) is 17.9. The zero-order valence-corrected chi connectivity index (χ0v) is 30.8. The summed E-state index contributed by atoms with van der Waals surface area (Å²) in [6.45, 7) is 9.47. The third-order valence-electron chi connectivity index (χ3n) is 8.85. The third kappa shape index (κ3) is 8.65. The number of hydrogen-bond donors (Lipinski definition) is 2. The van der Waals surface area contributed by atoms with Crippen LogP contribution in [0.25, 0.3) is 0 Å². The van der Waals surface area contributed by atoms with Gasteiger partial charge in [-0.25, -0.2) is 19.2 Å². The van der Waals surface area contributed by atoms with Crippen molar-refractivity contribution in [2.75, 3.05) is 26.4 Å². The number of rotatable bonds is 15. The van der Waals surface area contributed by atoms with Crippen molar-refractivity contribution in [1.82, 2.24) is 10.6 Å². The molecule has 2 aliphatic heterocycles. The number of para-hydroxylation sites is 2. The number of nitro benzene ring substituents is 2. The molecule has 2 atom stereocenters. The molecule has 2 unspecified atom stereocenters. The molecular weight excluding hydrogens is 704 g/mol. The number of hydrogen-bond acceptors (Lipinski definition) is 14. The molecule has 0 radical (unpaired) electrons. The minimum Gasteiger partial charge on any atom is -0.463 e. The summed E-state index contributed by atoms with van der Waals surface area (Å²) in [6, 6.07) is 11.6. The van der Waals surface area contributed by atoms with Crippen molar-refractivity contribution in [3.63, 3.8) is 0 Å². The van der Waals surface area contributed by atoms with Crippen LogP contribution in [0, 0.1) is 20.2 Å². The normalized spacial score (nSPS) is 17.0. The number of nitrogens with zero attached hydrogens (tertiary/aromatic N) is 2. The minimum absolute atomic E-state index is 0.00149. The molecule has 0 bridgehead atoms. The van der Waals surface area contributed by atoms with E-state index in [0.29, 0.717) is 22.8 Å². The van der Waals surface area contributed by atoms with Gasteiger partial charge in [-0.2, -0.15) is 0 Å². The molecule has 4 rings (SSSR count). The summed E-state index contributed by atoms with van der Waals surface area (Å²) >= 11 is 0. The zero-order valence-electron chi connectivity index (χ0n) is 30.8. The number of nitro groups is 2. The maximum atomic E-state index is 13.6. The first kappa shape index (κ1) is 40.5. The number of carbonyl (C=O) groups excluding carboxylic acids is 4. The molecule has 2 aromatic carbocycles. The van der Waals surface area contributed by atoms with Gasteiger partial charge in [0, 0.05) is 46.0 Å². The highest BCUT2D eigenvalue weighted by atomic mass is 16.6. The average molecular weight is 747 g/mol. The van der Waals surface area contributed by atoms with Gasteiger partial charge in [0.15, 0.2) is 0 Å². The molecule has 16 heteroatoms. The highest BCUT2D eigenvalue weighted by Gasteiger charge is 2.42. The fourth-order valence-corrected chi connectivity index (χ4v) is 6.60. The summed E-state index contributed by atoms with van der Waals surface area (Å²) in [5, 5.41) is 30.0. The van der Waals surface area contributed by atoms with Crippen molar-refractivity contribution in [3.8, 4) is 0 Å². The van der Waals surface area contributed by atoms with Gasteiger partial charge in [0.25, 0.3) is 11.4 Å². The van der Waals surface area contributed by atoms with Crippen LogP contribution < -0.4 is 10.6 Å². The van der Waals surface area contributed by atoms with Crippen LogP contribution >= 0.6 is 0 Å². The van der Waals surface area contributed by atoms with E-state index in [1.807, 2.05) is 0 Å². The molecule has 0 amide bonds. The quantitative estimate of drug-likeness (QED) is 0.0739. The van der Waals surface area contributed by atoms with Gasteiger partial charge in [0.05, 0.1) is 70.4 Å². The number of allylic oxidation sites excluding steroid dienone is 4. The predicted molar refractivity (Wildman–Crippen MR) is 193 cm³/mol. The Labute approximate surface area is 311 Å². The van der Waals surface area contributed by atoms with Crippen LogP contribution in [0.4, 0.5) is 11.4 Å². The molecule has 2 aromatic rings. The Morgan fingerprint density at radius 1 is 0.556 bits per heavy atom. The highest BCUT2D eigenvalue weighted by molar-refractivity contribution is 6.01. The molecule has 2 heterocycles. The van der Waals surface area contributed by atoms with Gasteiger partial charge >= 0.3 is 23.9 Å². The van der Waals surface area contributed by atoms with E-state index in [1.165, 1.54) is 36.4 Å². The largest absolute Gasteiger partial charge is 0.463 e. The van der Waals surface area contributed by atoms with E-state index in [4.69, 9.17) is 18.9 Å². The lowest BCUT2D eigenvalue weighted by atomic mass is 9.79. The number of nitrogens with one attached hydrogen (secondary N) is 2. The first-order valence-electron chi connectivity index (χ1n) is 17.3. The molecule has 286 valence electrons. The van der Waals surface area contributed by atoms with Gasteiger partial charge in [-0.3, -0.25) is 20.2 Å². The maximum Gasteiger partial charge on any atom is 0.336 e. The number of ether oxygens (including phenoxy) is 4.